The van der Waals surface area contributed by atoms with E-state index < -0.39 is 0 Å². The molecule has 1 aromatic rings. The molecule has 102 valence electrons. The Morgan fingerprint density at radius 2 is 2.00 bits per heavy atom. The maximum Gasteiger partial charge on any atom is 0.173 e. The molecular weight excluding hydrogens is 252 g/mol. The maximum atomic E-state index is 5.65. The van der Waals surface area contributed by atoms with Crippen LogP contribution in [0.1, 0.15) is 38.2 Å². The minimum atomic E-state index is 0.594. The highest BCUT2D eigenvalue weighted by atomic mass is 32.1. The SMILES string of the molecule is CC1Cc2ccccc2N(C(=S)NC2CCCC2)C1. The summed E-state index contributed by atoms with van der Waals surface area (Å²) in [5.41, 5.74) is 2.73. The predicted octanol–water partition coefficient (Wildman–Crippen LogP) is 3.50. The second kappa shape index (κ2) is 5.49. The molecule has 3 heteroatoms. The highest BCUT2D eigenvalue weighted by Gasteiger charge is 2.25. The van der Waals surface area contributed by atoms with E-state index in [1.54, 1.807) is 0 Å². The van der Waals surface area contributed by atoms with Crippen LogP contribution >= 0.6 is 12.2 Å². The van der Waals surface area contributed by atoms with Crippen molar-refractivity contribution in [1.29, 1.82) is 0 Å². The summed E-state index contributed by atoms with van der Waals surface area (Å²) in [5.74, 6) is 0.665. The quantitative estimate of drug-likeness (QED) is 0.789. The van der Waals surface area contributed by atoms with Gasteiger partial charge in [0, 0.05) is 18.3 Å². The number of rotatable bonds is 1. The summed E-state index contributed by atoms with van der Waals surface area (Å²) in [6.07, 6.45) is 6.38. The van der Waals surface area contributed by atoms with Crippen molar-refractivity contribution in [2.24, 2.45) is 5.92 Å². The van der Waals surface area contributed by atoms with E-state index in [0.717, 1.165) is 11.7 Å². The zero-order valence-electron chi connectivity index (χ0n) is 11.6. The standard InChI is InChI=1S/C16H22N2S/c1-12-10-13-6-2-5-9-15(13)18(11-12)16(19)17-14-7-3-4-8-14/h2,5-6,9,12,14H,3-4,7-8,10-11H2,1H3,(H,17,19). The van der Waals surface area contributed by atoms with Crippen molar-refractivity contribution in [2.45, 2.75) is 45.1 Å². The van der Waals surface area contributed by atoms with Crippen LogP contribution in [-0.4, -0.2) is 17.7 Å². The smallest absolute Gasteiger partial charge is 0.173 e. The number of anilines is 1. The molecule has 1 fully saturated rings. The van der Waals surface area contributed by atoms with E-state index in [1.165, 1.54) is 43.4 Å². The normalized spacial score (nSPS) is 23.2. The van der Waals surface area contributed by atoms with E-state index in [1.807, 2.05) is 0 Å². The molecule has 2 aliphatic rings. The fourth-order valence-corrected chi connectivity index (χ4v) is 3.65. The van der Waals surface area contributed by atoms with Gasteiger partial charge in [-0.25, -0.2) is 0 Å². The number of nitrogens with zero attached hydrogens (tertiary/aromatic N) is 1. The number of benzene rings is 1. The fraction of sp³-hybridized carbons (Fsp3) is 0.562. The average Bonchev–Trinajstić information content (AvgIpc) is 2.90. The van der Waals surface area contributed by atoms with Gasteiger partial charge < -0.3 is 10.2 Å². The van der Waals surface area contributed by atoms with Gasteiger partial charge >= 0.3 is 0 Å². The van der Waals surface area contributed by atoms with Crippen molar-refractivity contribution in [3.05, 3.63) is 29.8 Å². The zero-order valence-corrected chi connectivity index (χ0v) is 12.4. The molecule has 0 amide bonds. The van der Waals surface area contributed by atoms with Crippen molar-refractivity contribution in [3.63, 3.8) is 0 Å². The third kappa shape index (κ3) is 2.76. The molecule has 0 bridgehead atoms. The van der Waals surface area contributed by atoms with Gasteiger partial charge in [-0.15, -0.1) is 0 Å². The number of fused-ring (bicyclic) bond motifs is 1. The highest BCUT2D eigenvalue weighted by molar-refractivity contribution is 7.80. The molecule has 1 aliphatic carbocycles. The lowest BCUT2D eigenvalue weighted by Gasteiger charge is -2.36. The average molecular weight is 274 g/mol. The molecule has 1 saturated carbocycles. The lowest BCUT2D eigenvalue weighted by atomic mass is 9.94. The molecule has 1 unspecified atom stereocenters. The Hall–Kier alpha value is -1.09. The van der Waals surface area contributed by atoms with E-state index in [0.29, 0.717) is 12.0 Å². The molecule has 1 N–H and O–H groups in total. The Labute approximate surface area is 121 Å². The molecule has 0 saturated heterocycles. The van der Waals surface area contributed by atoms with E-state index >= 15 is 0 Å². The fourth-order valence-electron chi connectivity index (χ4n) is 3.31. The summed E-state index contributed by atoms with van der Waals surface area (Å²) < 4.78 is 0. The van der Waals surface area contributed by atoms with E-state index in [-0.39, 0.29) is 0 Å². The zero-order chi connectivity index (χ0) is 13.2. The van der Waals surface area contributed by atoms with Gasteiger partial charge in [-0.1, -0.05) is 38.0 Å². The Kier molecular flexibility index (Phi) is 3.74. The van der Waals surface area contributed by atoms with Crippen LogP contribution in [0.2, 0.25) is 0 Å². The van der Waals surface area contributed by atoms with Gasteiger partial charge in [-0.3, -0.25) is 0 Å². The van der Waals surface area contributed by atoms with Gasteiger partial charge in [0.25, 0.3) is 0 Å². The molecule has 19 heavy (non-hydrogen) atoms. The van der Waals surface area contributed by atoms with Crippen LogP contribution in [0, 0.1) is 5.92 Å². The molecule has 1 heterocycles. The van der Waals surface area contributed by atoms with Crippen LogP contribution in [0.4, 0.5) is 5.69 Å². The number of hydrogen-bond donors (Lipinski definition) is 1. The van der Waals surface area contributed by atoms with Crippen LogP contribution in [0.25, 0.3) is 0 Å². The second-order valence-electron chi connectivity index (χ2n) is 5.98. The van der Waals surface area contributed by atoms with Crippen molar-refractivity contribution < 1.29 is 0 Å². The Balaban J connectivity index is 1.78. The summed E-state index contributed by atoms with van der Waals surface area (Å²) >= 11 is 5.65. The molecule has 3 rings (SSSR count). The largest absolute Gasteiger partial charge is 0.360 e. The van der Waals surface area contributed by atoms with E-state index in [2.05, 4.69) is 41.4 Å². The van der Waals surface area contributed by atoms with Crippen molar-refractivity contribution >= 4 is 23.0 Å². The van der Waals surface area contributed by atoms with Crippen LogP contribution in [0.5, 0.6) is 0 Å². The molecule has 1 aromatic carbocycles. The summed E-state index contributed by atoms with van der Waals surface area (Å²) in [5, 5.41) is 4.49. The molecule has 0 spiro atoms. The third-order valence-electron chi connectivity index (χ3n) is 4.27. The van der Waals surface area contributed by atoms with Crippen molar-refractivity contribution in [2.75, 3.05) is 11.4 Å². The predicted molar refractivity (Wildman–Crippen MR) is 84.6 cm³/mol. The number of hydrogen-bond acceptors (Lipinski definition) is 1. The van der Waals surface area contributed by atoms with Gasteiger partial charge in [0.15, 0.2) is 5.11 Å². The number of nitrogens with one attached hydrogen (secondary N) is 1. The van der Waals surface area contributed by atoms with E-state index in [9.17, 15) is 0 Å². The van der Waals surface area contributed by atoms with Crippen molar-refractivity contribution in [1.82, 2.24) is 5.32 Å². The molecule has 2 nitrogen and oxygen atoms in total. The summed E-state index contributed by atoms with van der Waals surface area (Å²) in [4.78, 5) is 2.30. The highest BCUT2D eigenvalue weighted by Crippen LogP contribution is 2.29. The summed E-state index contributed by atoms with van der Waals surface area (Å²) in [7, 11) is 0. The molecule has 0 aromatic heterocycles. The Morgan fingerprint density at radius 1 is 1.26 bits per heavy atom. The third-order valence-corrected chi connectivity index (χ3v) is 4.61. The lowest BCUT2D eigenvalue weighted by Crippen LogP contribution is -2.47. The van der Waals surface area contributed by atoms with Gasteiger partial charge in [-0.05, 0) is 49.0 Å². The van der Waals surface area contributed by atoms with Crippen LogP contribution in [-0.2, 0) is 6.42 Å². The van der Waals surface area contributed by atoms with Crippen LogP contribution in [0.3, 0.4) is 0 Å². The molecule has 1 aliphatic heterocycles. The molecular formula is C16H22N2S. The molecule has 0 radical (unpaired) electrons. The minimum absolute atomic E-state index is 0.594. The first-order valence-corrected chi connectivity index (χ1v) is 7.81. The first-order valence-electron chi connectivity index (χ1n) is 7.40. The maximum absolute atomic E-state index is 5.65. The topological polar surface area (TPSA) is 15.3 Å². The first kappa shape index (κ1) is 12.9. The summed E-state index contributed by atoms with van der Waals surface area (Å²) in [6.45, 7) is 3.34. The van der Waals surface area contributed by atoms with E-state index in [4.69, 9.17) is 12.2 Å². The number of thiocarbonyl (C=S) groups is 1. The second-order valence-corrected chi connectivity index (χ2v) is 6.37. The lowest BCUT2D eigenvalue weighted by molar-refractivity contribution is 0.557. The van der Waals surface area contributed by atoms with Gasteiger partial charge in [0.2, 0.25) is 0 Å². The van der Waals surface area contributed by atoms with Gasteiger partial charge in [0.1, 0.15) is 0 Å². The number of para-hydroxylation sites is 1. The van der Waals surface area contributed by atoms with Crippen LogP contribution in [0.15, 0.2) is 24.3 Å². The minimum Gasteiger partial charge on any atom is -0.360 e. The first-order chi connectivity index (χ1) is 9.24. The Morgan fingerprint density at radius 3 is 2.79 bits per heavy atom. The Bertz CT molecular complexity index is 466. The summed E-state index contributed by atoms with van der Waals surface area (Å²) in [6, 6.07) is 9.26. The van der Waals surface area contributed by atoms with Crippen molar-refractivity contribution in [3.8, 4) is 0 Å². The van der Waals surface area contributed by atoms with Crippen LogP contribution < -0.4 is 10.2 Å². The molecule has 1 atom stereocenters. The van der Waals surface area contributed by atoms with Gasteiger partial charge in [0.05, 0.1) is 0 Å². The monoisotopic (exact) mass is 274 g/mol. The van der Waals surface area contributed by atoms with Gasteiger partial charge in [-0.2, -0.15) is 0 Å².